The van der Waals surface area contributed by atoms with Crippen molar-refractivity contribution in [2.45, 2.75) is 12.8 Å². The predicted molar refractivity (Wildman–Crippen MR) is 100 cm³/mol. The molecule has 0 aromatic carbocycles. The number of carbonyl (C=O) groups excluding carboxylic acids is 4. The smallest absolute Gasteiger partial charge is 0.331 e. The Hall–Kier alpha value is -3.89. The van der Waals surface area contributed by atoms with E-state index >= 15 is 0 Å². The number of amides is 2. The summed E-state index contributed by atoms with van der Waals surface area (Å²) in [7, 11) is 0. The molecule has 0 radical (unpaired) electrons. The minimum absolute atomic E-state index is 0.0598. The van der Waals surface area contributed by atoms with Gasteiger partial charge in [-0.2, -0.15) is 0 Å². The van der Waals surface area contributed by atoms with Gasteiger partial charge in [0.15, 0.2) is 12.2 Å². The minimum atomic E-state index is -0.709. The zero-order valence-electron chi connectivity index (χ0n) is 16.0. The lowest BCUT2D eigenvalue weighted by molar-refractivity contribution is -0.140. The van der Waals surface area contributed by atoms with Crippen molar-refractivity contribution in [1.82, 2.24) is 15.6 Å². The lowest BCUT2D eigenvalue weighted by atomic mass is 10.4. The number of oxazole rings is 1. The summed E-state index contributed by atoms with van der Waals surface area (Å²) in [6.07, 6.45) is 6.52. The third-order valence-electron chi connectivity index (χ3n) is 3.46. The first-order chi connectivity index (χ1) is 14.6. The van der Waals surface area contributed by atoms with Gasteiger partial charge in [-0.05, 0) is 25.0 Å². The summed E-state index contributed by atoms with van der Waals surface area (Å²) in [5.74, 6) is -1.89. The highest BCUT2D eigenvalue weighted by Crippen LogP contribution is 1.99. The molecule has 0 aliphatic rings. The first-order valence-electron chi connectivity index (χ1n) is 9.06. The maximum Gasteiger partial charge on any atom is 0.331 e. The minimum Gasteiger partial charge on any atom is -0.462 e. The SMILES string of the molecule is O=C(/C=C/C(=O)OCCCNC(=O)c1cnco1)OCCCNC(=O)c1ccco1. The molecule has 2 heterocycles. The van der Waals surface area contributed by atoms with Crippen LogP contribution in [0.4, 0.5) is 0 Å². The van der Waals surface area contributed by atoms with Crippen molar-refractivity contribution in [3.8, 4) is 0 Å². The second-order valence-electron chi connectivity index (χ2n) is 5.73. The maximum absolute atomic E-state index is 11.6. The van der Waals surface area contributed by atoms with E-state index < -0.39 is 17.8 Å². The average molecular weight is 419 g/mol. The fourth-order valence-corrected chi connectivity index (χ4v) is 2.04. The lowest BCUT2D eigenvalue weighted by Gasteiger charge is -2.04. The summed E-state index contributed by atoms with van der Waals surface area (Å²) in [6, 6.07) is 3.14. The molecule has 30 heavy (non-hydrogen) atoms. The Labute approximate surface area is 171 Å². The van der Waals surface area contributed by atoms with E-state index in [2.05, 4.69) is 15.6 Å². The summed E-state index contributed by atoms with van der Waals surface area (Å²) in [6.45, 7) is 0.701. The summed E-state index contributed by atoms with van der Waals surface area (Å²) in [4.78, 5) is 49.8. The molecule has 0 saturated heterocycles. The summed E-state index contributed by atoms with van der Waals surface area (Å²) >= 11 is 0. The van der Waals surface area contributed by atoms with Crippen LogP contribution in [0.15, 0.2) is 52.0 Å². The number of esters is 2. The van der Waals surface area contributed by atoms with Crippen LogP contribution in [-0.4, -0.2) is 55.0 Å². The summed E-state index contributed by atoms with van der Waals surface area (Å²) in [5, 5.41) is 5.18. The fourth-order valence-electron chi connectivity index (χ4n) is 2.04. The molecule has 2 rings (SSSR count). The standard InChI is InChI=1S/C19H21N3O8/c23-16(28-10-2-7-21-18(25)14-4-1-9-27-14)5-6-17(24)29-11-3-8-22-19(26)15-12-20-13-30-15/h1,4-6,9,12-13H,2-3,7-8,10-11H2,(H,21,25)(H,22,26)/b6-5+. The van der Waals surface area contributed by atoms with E-state index in [-0.39, 0.29) is 37.2 Å². The van der Waals surface area contributed by atoms with Crippen molar-refractivity contribution < 1.29 is 37.5 Å². The quantitative estimate of drug-likeness (QED) is 0.290. The Bertz CT molecular complexity index is 773. The molecule has 0 unspecified atom stereocenters. The number of hydrogen-bond donors (Lipinski definition) is 2. The highest BCUT2D eigenvalue weighted by Gasteiger charge is 2.08. The zero-order chi connectivity index (χ0) is 21.6. The third-order valence-corrected chi connectivity index (χ3v) is 3.46. The van der Waals surface area contributed by atoms with Crippen LogP contribution in [0.5, 0.6) is 0 Å². The third kappa shape index (κ3) is 8.42. The zero-order valence-corrected chi connectivity index (χ0v) is 16.0. The van der Waals surface area contributed by atoms with Crippen LogP contribution in [0.2, 0.25) is 0 Å². The second kappa shape index (κ2) is 12.5. The van der Waals surface area contributed by atoms with Crippen molar-refractivity contribution in [3.63, 3.8) is 0 Å². The van der Waals surface area contributed by atoms with Gasteiger partial charge < -0.3 is 28.9 Å². The van der Waals surface area contributed by atoms with E-state index in [0.29, 0.717) is 19.4 Å². The van der Waals surface area contributed by atoms with Crippen molar-refractivity contribution >= 4 is 23.8 Å². The molecule has 0 aliphatic carbocycles. The number of nitrogens with zero attached hydrogens (tertiary/aromatic N) is 1. The fraction of sp³-hybridized carbons (Fsp3) is 0.316. The molecular formula is C19H21N3O8. The second-order valence-corrected chi connectivity index (χ2v) is 5.73. The highest BCUT2D eigenvalue weighted by molar-refractivity contribution is 5.92. The first-order valence-corrected chi connectivity index (χ1v) is 9.06. The van der Waals surface area contributed by atoms with E-state index in [9.17, 15) is 19.2 Å². The number of rotatable bonds is 12. The maximum atomic E-state index is 11.6. The monoisotopic (exact) mass is 419 g/mol. The van der Waals surface area contributed by atoms with Crippen molar-refractivity contribution in [2.75, 3.05) is 26.3 Å². The Balaban J connectivity index is 1.47. The van der Waals surface area contributed by atoms with Crippen LogP contribution in [0.3, 0.4) is 0 Å². The van der Waals surface area contributed by atoms with Crippen LogP contribution >= 0.6 is 0 Å². The van der Waals surface area contributed by atoms with Gasteiger partial charge in [0.25, 0.3) is 11.8 Å². The topological polar surface area (TPSA) is 150 Å². The molecule has 0 atom stereocenters. The molecule has 0 saturated carbocycles. The molecule has 0 bridgehead atoms. The number of nitrogens with one attached hydrogen (secondary N) is 2. The van der Waals surface area contributed by atoms with E-state index in [1.807, 2.05) is 0 Å². The van der Waals surface area contributed by atoms with Crippen LogP contribution in [-0.2, 0) is 19.1 Å². The molecule has 2 aromatic heterocycles. The van der Waals surface area contributed by atoms with E-state index in [0.717, 1.165) is 18.5 Å². The Morgan fingerprint density at radius 1 is 0.900 bits per heavy atom. The molecule has 0 spiro atoms. The van der Waals surface area contributed by atoms with Gasteiger partial charge in [0, 0.05) is 25.2 Å². The first kappa shape index (κ1) is 22.4. The van der Waals surface area contributed by atoms with Crippen LogP contribution in [0, 0.1) is 0 Å². The molecule has 11 heteroatoms. The van der Waals surface area contributed by atoms with Gasteiger partial charge in [-0.1, -0.05) is 0 Å². The number of furan rings is 1. The highest BCUT2D eigenvalue weighted by atomic mass is 16.5. The van der Waals surface area contributed by atoms with Crippen LogP contribution in [0.25, 0.3) is 0 Å². The van der Waals surface area contributed by atoms with E-state index in [4.69, 9.17) is 18.3 Å². The van der Waals surface area contributed by atoms with Gasteiger partial charge in [0.1, 0.15) is 0 Å². The number of hydrogen-bond acceptors (Lipinski definition) is 9. The van der Waals surface area contributed by atoms with Gasteiger partial charge in [0.2, 0.25) is 5.76 Å². The molecule has 2 amide bonds. The lowest BCUT2D eigenvalue weighted by Crippen LogP contribution is -2.25. The molecule has 160 valence electrons. The molecule has 0 fully saturated rings. The molecule has 11 nitrogen and oxygen atoms in total. The molecular weight excluding hydrogens is 398 g/mol. The Morgan fingerprint density at radius 3 is 2.00 bits per heavy atom. The van der Waals surface area contributed by atoms with Crippen molar-refractivity contribution in [2.24, 2.45) is 0 Å². The molecule has 2 N–H and O–H groups in total. The van der Waals surface area contributed by atoms with E-state index in [1.165, 1.54) is 18.5 Å². The number of carbonyl (C=O) groups is 4. The Morgan fingerprint density at radius 2 is 1.50 bits per heavy atom. The summed E-state index contributed by atoms with van der Waals surface area (Å²) in [5.41, 5.74) is 0. The Kier molecular flexibility index (Phi) is 9.37. The van der Waals surface area contributed by atoms with Gasteiger partial charge in [-0.25, -0.2) is 14.6 Å². The normalized spacial score (nSPS) is 10.5. The predicted octanol–water partition coefficient (Wildman–Crippen LogP) is 0.850. The van der Waals surface area contributed by atoms with Crippen molar-refractivity contribution in [3.05, 3.63) is 54.7 Å². The van der Waals surface area contributed by atoms with Crippen molar-refractivity contribution in [1.29, 1.82) is 0 Å². The van der Waals surface area contributed by atoms with Crippen LogP contribution in [0.1, 0.15) is 34.0 Å². The summed E-state index contributed by atoms with van der Waals surface area (Å²) < 4.78 is 19.6. The van der Waals surface area contributed by atoms with E-state index in [1.54, 1.807) is 6.07 Å². The molecule has 2 aromatic rings. The van der Waals surface area contributed by atoms with Gasteiger partial charge in [0.05, 0.1) is 25.7 Å². The van der Waals surface area contributed by atoms with Gasteiger partial charge >= 0.3 is 11.9 Å². The largest absolute Gasteiger partial charge is 0.462 e. The number of aromatic nitrogens is 1. The van der Waals surface area contributed by atoms with Crippen LogP contribution < -0.4 is 10.6 Å². The van der Waals surface area contributed by atoms with Gasteiger partial charge in [-0.15, -0.1) is 0 Å². The average Bonchev–Trinajstić information content (AvgIpc) is 3.45. The number of ether oxygens (including phenoxy) is 2. The molecule has 0 aliphatic heterocycles. The van der Waals surface area contributed by atoms with Gasteiger partial charge in [-0.3, -0.25) is 9.59 Å².